The molecule has 2 heterocycles. The predicted molar refractivity (Wildman–Crippen MR) is 79.2 cm³/mol. The van der Waals surface area contributed by atoms with Gasteiger partial charge in [0, 0.05) is 24.9 Å². The van der Waals surface area contributed by atoms with E-state index in [1.54, 1.807) is 6.20 Å². The Hall–Kier alpha value is -2.30. The fourth-order valence-electron chi connectivity index (χ4n) is 2.54. The summed E-state index contributed by atoms with van der Waals surface area (Å²) in [5, 5.41) is 2.96. The third-order valence-corrected chi connectivity index (χ3v) is 3.67. The number of fused-ring (bicyclic) bond motifs is 1. The van der Waals surface area contributed by atoms with Crippen molar-refractivity contribution in [3.05, 3.63) is 47.5 Å². The summed E-state index contributed by atoms with van der Waals surface area (Å²) >= 11 is 0. The topological polar surface area (TPSA) is 67.0 Å². The number of aromatic amines is 1. The smallest absolute Gasteiger partial charge is 0.226 e. The van der Waals surface area contributed by atoms with Crippen LogP contribution in [-0.4, -0.2) is 29.0 Å². The number of carbonyl (C=O) groups is 1. The fraction of sp³-hybridized carbons (Fsp3) is 0.375. The van der Waals surface area contributed by atoms with Crippen LogP contribution in [0.4, 0.5) is 0 Å². The SMILES string of the molecule is Cc1cnc(CCNC(=O)C2COc3ccccc3C2)[nH]1. The second-order valence-corrected chi connectivity index (χ2v) is 5.37. The van der Waals surface area contributed by atoms with E-state index in [0.29, 0.717) is 19.6 Å². The molecule has 2 N–H and O–H groups in total. The molecule has 1 unspecified atom stereocenters. The number of carbonyl (C=O) groups excluding carboxylic acids is 1. The second-order valence-electron chi connectivity index (χ2n) is 5.37. The number of nitrogens with one attached hydrogen (secondary N) is 2. The third-order valence-electron chi connectivity index (χ3n) is 3.67. The molecular formula is C16H19N3O2. The van der Waals surface area contributed by atoms with Gasteiger partial charge in [-0.05, 0) is 25.0 Å². The Bertz CT molecular complexity index is 636. The number of rotatable bonds is 4. The normalized spacial score (nSPS) is 16.9. The van der Waals surface area contributed by atoms with Gasteiger partial charge < -0.3 is 15.0 Å². The van der Waals surface area contributed by atoms with Crippen molar-refractivity contribution in [1.82, 2.24) is 15.3 Å². The molecule has 1 amide bonds. The Kier molecular flexibility index (Phi) is 3.90. The van der Waals surface area contributed by atoms with Crippen LogP contribution in [0.25, 0.3) is 0 Å². The Labute approximate surface area is 123 Å². The van der Waals surface area contributed by atoms with Crippen molar-refractivity contribution >= 4 is 5.91 Å². The van der Waals surface area contributed by atoms with Gasteiger partial charge in [0.25, 0.3) is 0 Å². The molecular weight excluding hydrogens is 266 g/mol. The van der Waals surface area contributed by atoms with E-state index in [1.165, 1.54) is 0 Å². The molecule has 1 aromatic carbocycles. The van der Waals surface area contributed by atoms with Crippen LogP contribution in [0.5, 0.6) is 5.75 Å². The first-order valence-corrected chi connectivity index (χ1v) is 7.21. The van der Waals surface area contributed by atoms with Gasteiger partial charge in [-0.25, -0.2) is 4.98 Å². The van der Waals surface area contributed by atoms with Gasteiger partial charge in [0.1, 0.15) is 18.2 Å². The van der Waals surface area contributed by atoms with E-state index < -0.39 is 0 Å². The van der Waals surface area contributed by atoms with E-state index in [-0.39, 0.29) is 11.8 Å². The maximum Gasteiger partial charge on any atom is 0.226 e. The van der Waals surface area contributed by atoms with Crippen molar-refractivity contribution in [2.24, 2.45) is 5.92 Å². The lowest BCUT2D eigenvalue weighted by Gasteiger charge is -2.24. The largest absolute Gasteiger partial charge is 0.492 e. The van der Waals surface area contributed by atoms with E-state index in [2.05, 4.69) is 15.3 Å². The van der Waals surface area contributed by atoms with Gasteiger partial charge in [-0.2, -0.15) is 0 Å². The van der Waals surface area contributed by atoms with Gasteiger partial charge >= 0.3 is 0 Å². The average Bonchev–Trinajstić information content (AvgIpc) is 2.92. The average molecular weight is 285 g/mol. The Balaban J connectivity index is 1.50. The van der Waals surface area contributed by atoms with Crippen LogP contribution in [0, 0.1) is 12.8 Å². The number of amides is 1. The van der Waals surface area contributed by atoms with Gasteiger partial charge in [0.05, 0.1) is 5.92 Å². The fourth-order valence-corrected chi connectivity index (χ4v) is 2.54. The number of aryl methyl sites for hydroxylation is 1. The van der Waals surface area contributed by atoms with Crippen LogP contribution >= 0.6 is 0 Å². The monoisotopic (exact) mass is 285 g/mol. The van der Waals surface area contributed by atoms with Crippen molar-refractivity contribution < 1.29 is 9.53 Å². The molecule has 0 bridgehead atoms. The first kappa shape index (κ1) is 13.7. The third kappa shape index (κ3) is 3.24. The van der Waals surface area contributed by atoms with Gasteiger partial charge in [-0.15, -0.1) is 0 Å². The summed E-state index contributed by atoms with van der Waals surface area (Å²) in [6.45, 7) is 3.00. The Morgan fingerprint density at radius 2 is 2.33 bits per heavy atom. The van der Waals surface area contributed by atoms with Crippen molar-refractivity contribution in [2.75, 3.05) is 13.2 Å². The minimum Gasteiger partial charge on any atom is -0.492 e. The predicted octanol–water partition coefficient (Wildman–Crippen LogP) is 1.63. The zero-order valence-corrected chi connectivity index (χ0v) is 12.1. The molecule has 110 valence electrons. The van der Waals surface area contributed by atoms with Crippen molar-refractivity contribution in [3.8, 4) is 5.75 Å². The Morgan fingerprint density at radius 3 is 3.14 bits per heavy atom. The van der Waals surface area contributed by atoms with Crippen molar-refractivity contribution in [3.63, 3.8) is 0 Å². The summed E-state index contributed by atoms with van der Waals surface area (Å²) < 4.78 is 5.65. The minimum atomic E-state index is -0.113. The summed E-state index contributed by atoms with van der Waals surface area (Å²) in [7, 11) is 0. The lowest BCUT2D eigenvalue weighted by Crippen LogP contribution is -2.38. The first-order valence-electron chi connectivity index (χ1n) is 7.21. The number of para-hydroxylation sites is 1. The molecule has 0 spiro atoms. The quantitative estimate of drug-likeness (QED) is 0.897. The van der Waals surface area contributed by atoms with E-state index in [0.717, 1.165) is 29.3 Å². The standard InChI is InChI=1S/C16H19N3O2/c1-11-9-18-15(19-11)6-7-17-16(20)13-8-12-4-2-3-5-14(12)21-10-13/h2-5,9,13H,6-8,10H2,1H3,(H,17,20)(H,18,19). The first-order chi connectivity index (χ1) is 10.2. The summed E-state index contributed by atoms with van der Waals surface area (Å²) in [5.41, 5.74) is 2.14. The van der Waals surface area contributed by atoms with Crippen molar-refractivity contribution in [2.45, 2.75) is 19.8 Å². The van der Waals surface area contributed by atoms with Crippen LogP contribution < -0.4 is 10.1 Å². The summed E-state index contributed by atoms with van der Waals surface area (Å²) in [6.07, 6.45) is 3.24. The van der Waals surface area contributed by atoms with Crippen LogP contribution in [0.1, 0.15) is 17.1 Å². The molecule has 0 radical (unpaired) electrons. The van der Waals surface area contributed by atoms with Gasteiger partial charge in [-0.1, -0.05) is 18.2 Å². The maximum absolute atomic E-state index is 12.2. The second kappa shape index (κ2) is 5.99. The van der Waals surface area contributed by atoms with Crippen molar-refractivity contribution in [1.29, 1.82) is 0 Å². The lowest BCUT2D eigenvalue weighted by molar-refractivity contribution is -0.126. The number of ether oxygens (including phenoxy) is 1. The number of nitrogens with zero attached hydrogens (tertiary/aromatic N) is 1. The summed E-state index contributed by atoms with van der Waals surface area (Å²) in [6, 6.07) is 7.88. The highest BCUT2D eigenvalue weighted by atomic mass is 16.5. The lowest BCUT2D eigenvalue weighted by atomic mass is 9.96. The van der Waals surface area contributed by atoms with Crippen LogP contribution in [-0.2, 0) is 17.6 Å². The molecule has 1 aromatic heterocycles. The number of hydrogen-bond donors (Lipinski definition) is 2. The highest BCUT2D eigenvalue weighted by Crippen LogP contribution is 2.26. The molecule has 1 aliphatic heterocycles. The molecule has 0 aliphatic carbocycles. The molecule has 1 atom stereocenters. The Morgan fingerprint density at radius 1 is 1.48 bits per heavy atom. The van der Waals surface area contributed by atoms with E-state index >= 15 is 0 Å². The minimum absolute atomic E-state index is 0.0489. The number of aromatic nitrogens is 2. The summed E-state index contributed by atoms with van der Waals surface area (Å²) in [5.74, 6) is 1.73. The van der Waals surface area contributed by atoms with Gasteiger partial charge in [0.15, 0.2) is 0 Å². The molecule has 21 heavy (non-hydrogen) atoms. The van der Waals surface area contributed by atoms with Crippen LogP contribution in [0.15, 0.2) is 30.5 Å². The van der Waals surface area contributed by atoms with Crippen LogP contribution in [0.2, 0.25) is 0 Å². The molecule has 3 rings (SSSR count). The number of hydrogen-bond acceptors (Lipinski definition) is 3. The number of H-pyrrole nitrogens is 1. The molecule has 5 heteroatoms. The molecule has 1 aliphatic rings. The highest BCUT2D eigenvalue weighted by Gasteiger charge is 2.25. The van der Waals surface area contributed by atoms with E-state index in [9.17, 15) is 4.79 Å². The number of imidazole rings is 1. The molecule has 5 nitrogen and oxygen atoms in total. The zero-order chi connectivity index (χ0) is 14.7. The van der Waals surface area contributed by atoms with Gasteiger partial charge in [0.2, 0.25) is 5.91 Å². The molecule has 0 saturated carbocycles. The molecule has 2 aromatic rings. The van der Waals surface area contributed by atoms with Gasteiger partial charge in [-0.3, -0.25) is 4.79 Å². The zero-order valence-electron chi connectivity index (χ0n) is 12.1. The highest BCUT2D eigenvalue weighted by molar-refractivity contribution is 5.79. The van der Waals surface area contributed by atoms with Crippen LogP contribution in [0.3, 0.4) is 0 Å². The molecule has 0 saturated heterocycles. The number of benzene rings is 1. The van der Waals surface area contributed by atoms with E-state index in [4.69, 9.17) is 4.74 Å². The molecule has 0 fully saturated rings. The summed E-state index contributed by atoms with van der Waals surface area (Å²) in [4.78, 5) is 19.6. The van der Waals surface area contributed by atoms with E-state index in [1.807, 2.05) is 31.2 Å². The maximum atomic E-state index is 12.2.